The number of β-lactam (4-membered cyclic amide) rings is 1. The van der Waals surface area contributed by atoms with E-state index >= 15 is 0 Å². The molecule has 12 heavy (non-hydrogen) atoms. The van der Waals surface area contributed by atoms with Crippen molar-refractivity contribution in [3.63, 3.8) is 0 Å². The molecule has 0 radical (unpaired) electrons. The van der Waals surface area contributed by atoms with Gasteiger partial charge < -0.3 is 10.0 Å². The molecular formula is C8H13NO3. The molecule has 4 nitrogen and oxygen atoms in total. The summed E-state index contributed by atoms with van der Waals surface area (Å²) in [6, 6.07) is 0.282. The van der Waals surface area contributed by atoms with Crippen molar-refractivity contribution in [2.45, 2.75) is 25.8 Å². The fourth-order valence-corrected chi connectivity index (χ4v) is 1.44. The van der Waals surface area contributed by atoms with Gasteiger partial charge in [-0.25, -0.2) is 0 Å². The molecule has 2 rings (SSSR count). The van der Waals surface area contributed by atoms with E-state index in [-0.39, 0.29) is 24.3 Å². The van der Waals surface area contributed by atoms with Crippen LogP contribution in [0.5, 0.6) is 0 Å². The van der Waals surface area contributed by atoms with Crippen LogP contribution in [0.25, 0.3) is 0 Å². The van der Waals surface area contributed by atoms with Crippen molar-refractivity contribution in [3.8, 4) is 0 Å². The molecule has 4 heteroatoms. The monoisotopic (exact) mass is 171 g/mol. The fourth-order valence-electron chi connectivity index (χ4n) is 1.44. The van der Waals surface area contributed by atoms with Crippen LogP contribution in [-0.4, -0.2) is 40.9 Å². The predicted octanol–water partition coefficient (Wildman–Crippen LogP) is -0.441. The second-order valence-corrected chi connectivity index (χ2v) is 2.94. The highest BCUT2D eigenvalue weighted by Gasteiger charge is 2.43. The van der Waals surface area contributed by atoms with Gasteiger partial charge in [0.05, 0.1) is 6.54 Å². The van der Waals surface area contributed by atoms with Gasteiger partial charge in [-0.1, -0.05) is 0 Å². The number of Topliss-reactive ketones (excluding diaryl/α,β-unsaturated/α-hetero) is 1. The number of hydrogen-bond acceptors (Lipinski definition) is 3. The third kappa shape index (κ3) is 1.64. The average molecular weight is 171 g/mol. The summed E-state index contributed by atoms with van der Waals surface area (Å²) in [6.45, 7) is 2.31. The van der Waals surface area contributed by atoms with Gasteiger partial charge in [0.1, 0.15) is 0 Å². The highest BCUT2D eigenvalue weighted by Crippen LogP contribution is 2.27. The van der Waals surface area contributed by atoms with E-state index in [0.29, 0.717) is 19.4 Å². The molecule has 0 aliphatic carbocycles. The molecule has 0 aromatic carbocycles. The second-order valence-electron chi connectivity index (χ2n) is 2.94. The Morgan fingerprint density at radius 1 is 1.50 bits per heavy atom. The molecule has 2 saturated heterocycles. The van der Waals surface area contributed by atoms with Crippen molar-refractivity contribution in [1.29, 1.82) is 0 Å². The van der Waals surface area contributed by atoms with Gasteiger partial charge in [-0.2, -0.15) is 0 Å². The van der Waals surface area contributed by atoms with Crippen LogP contribution in [-0.2, 0) is 9.59 Å². The largest absolute Gasteiger partial charge is 0.397 e. The lowest BCUT2D eigenvalue weighted by atomic mass is 10.0. The van der Waals surface area contributed by atoms with Gasteiger partial charge in [-0.15, -0.1) is 0 Å². The zero-order chi connectivity index (χ0) is 9.14. The lowest BCUT2D eigenvalue weighted by Gasteiger charge is -2.32. The molecule has 2 fully saturated rings. The van der Waals surface area contributed by atoms with E-state index in [9.17, 15) is 9.59 Å². The summed E-state index contributed by atoms with van der Waals surface area (Å²) in [7, 11) is 0. The molecule has 0 aromatic heterocycles. The van der Waals surface area contributed by atoms with Crippen molar-refractivity contribution in [1.82, 2.24) is 4.90 Å². The molecule has 1 amide bonds. The van der Waals surface area contributed by atoms with Crippen LogP contribution < -0.4 is 0 Å². The Morgan fingerprint density at radius 2 is 2.08 bits per heavy atom. The number of rotatable bonds is 0. The Bertz CT molecular complexity index is 200. The van der Waals surface area contributed by atoms with Crippen molar-refractivity contribution < 1.29 is 14.7 Å². The molecule has 68 valence electrons. The molecule has 2 aliphatic heterocycles. The molecule has 0 unspecified atom stereocenters. The predicted molar refractivity (Wildman–Crippen MR) is 42.5 cm³/mol. The minimum atomic E-state index is 0.144. The van der Waals surface area contributed by atoms with Gasteiger partial charge in [0, 0.05) is 25.5 Å². The minimum Gasteiger partial charge on any atom is -0.397 e. The van der Waals surface area contributed by atoms with Crippen LogP contribution >= 0.6 is 0 Å². The Labute approximate surface area is 71.2 Å². The maximum atomic E-state index is 10.7. The highest BCUT2D eigenvalue weighted by molar-refractivity contribution is 5.95. The van der Waals surface area contributed by atoms with Gasteiger partial charge in [-0.3, -0.25) is 9.59 Å². The Kier molecular flexibility index (Phi) is 2.81. The first-order valence-corrected chi connectivity index (χ1v) is 4.11. The maximum Gasteiger partial charge on any atom is 0.225 e. The number of amides is 1. The average Bonchev–Trinajstić information content (AvgIpc) is 2.29. The highest BCUT2D eigenvalue weighted by atomic mass is 16.2. The zero-order valence-electron chi connectivity index (χ0n) is 7.12. The molecule has 2 heterocycles. The SMILES string of the molecule is CCO.O=C1C[C@@H]2CC(=O)N2C1. The van der Waals surface area contributed by atoms with Crippen LogP contribution in [0, 0.1) is 0 Å². The summed E-state index contributed by atoms with van der Waals surface area (Å²) in [5.41, 5.74) is 0. The molecule has 0 saturated carbocycles. The smallest absolute Gasteiger partial charge is 0.225 e. The van der Waals surface area contributed by atoms with E-state index in [2.05, 4.69) is 0 Å². The number of aliphatic hydroxyl groups is 1. The number of carbonyl (C=O) groups is 2. The summed E-state index contributed by atoms with van der Waals surface area (Å²) in [5, 5.41) is 7.57. The quantitative estimate of drug-likeness (QED) is 0.503. The van der Waals surface area contributed by atoms with Crippen LogP contribution in [0.15, 0.2) is 0 Å². The third-order valence-electron chi connectivity index (χ3n) is 1.98. The molecule has 0 bridgehead atoms. The number of fused-ring (bicyclic) bond motifs is 1. The molecule has 0 aromatic rings. The number of nitrogens with zero attached hydrogens (tertiary/aromatic N) is 1. The van der Waals surface area contributed by atoms with Crippen molar-refractivity contribution in [3.05, 3.63) is 0 Å². The van der Waals surface area contributed by atoms with Crippen LogP contribution in [0.2, 0.25) is 0 Å². The van der Waals surface area contributed by atoms with E-state index in [0.717, 1.165) is 0 Å². The Balaban J connectivity index is 0.000000213. The van der Waals surface area contributed by atoms with E-state index in [4.69, 9.17) is 5.11 Å². The summed E-state index contributed by atoms with van der Waals surface area (Å²) < 4.78 is 0. The van der Waals surface area contributed by atoms with Crippen LogP contribution in [0.4, 0.5) is 0 Å². The Morgan fingerprint density at radius 3 is 2.42 bits per heavy atom. The normalized spacial score (nSPS) is 25.8. The topological polar surface area (TPSA) is 57.6 Å². The lowest BCUT2D eigenvalue weighted by Crippen LogP contribution is -2.47. The first-order valence-electron chi connectivity index (χ1n) is 4.11. The molecule has 0 spiro atoms. The standard InChI is InChI=1S/C6H7NO2.C2H6O/c8-5-1-4-2-6(9)7(4)3-5;1-2-3/h4H,1-3H2;3H,2H2,1H3/t4-;/m1./s1. The summed E-state index contributed by atoms with van der Waals surface area (Å²) in [5.74, 6) is 0.358. The summed E-state index contributed by atoms with van der Waals surface area (Å²) in [4.78, 5) is 22.9. The molecule has 2 aliphatic rings. The number of hydrogen-bond donors (Lipinski definition) is 1. The van der Waals surface area contributed by atoms with Gasteiger partial charge in [-0.05, 0) is 6.92 Å². The van der Waals surface area contributed by atoms with Crippen molar-refractivity contribution >= 4 is 11.7 Å². The number of carbonyl (C=O) groups excluding carboxylic acids is 2. The lowest BCUT2D eigenvalue weighted by molar-refractivity contribution is -0.143. The van der Waals surface area contributed by atoms with E-state index < -0.39 is 0 Å². The first-order chi connectivity index (χ1) is 5.69. The Hall–Kier alpha value is -0.900. The van der Waals surface area contributed by atoms with E-state index in [1.807, 2.05) is 0 Å². The summed E-state index contributed by atoms with van der Waals surface area (Å²) in [6.07, 6.45) is 1.21. The first kappa shape index (κ1) is 9.19. The van der Waals surface area contributed by atoms with Crippen LogP contribution in [0.1, 0.15) is 19.8 Å². The van der Waals surface area contributed by atoms with Gasteiger partial charge in [0.2, 0.25) is 5.91 Å². The van der Waals surface area contributed by atoms with Gasteiger partial charge >= 0.3 is 0 Å². The molecular weight excluding hydrogens is 158 g/mol. The fraction of sp³-hybridized carbons (Fsp3) is 0.750. The number of aliphatic hydroxyl groups excluding tert-OH is 1. The van der Waals surface area contributed by atoms with Gasteiger partial charge in [0.25, 0.3) is 0 Å². The van der Waals surface area contributed by atoms with Crippen LogP contribution in [0.3, 0.4) is 0 Å². The van der Waals surface area contributed by atoms with Crippen molar-refractivity contribution in [2.75, 3.05) is 13.2 Å². The maximum absolute atomic E-state index is 10.7. The second kappa shape index (κ2) is 3.67. The van der Waals surface area contributed by atoms with Crippen molar-refractivity contribution in [2.24, 2.45) is 0 Å². The number of ketones is 1. The van der Waals surface area contributed by atoms with Gasteiger partial charge in [0.15, 0.2) is 5.78 Å². The van der Waals surface area contributed by atoms with E-state index in [1.165, 1.54) is 0 Å². The zero-order valence-corrected chi connectivity index (χ0v) is 7.12. The summed E-state index contributed by atoms with van der Waals surface area (Å²) >= 11 is 0. The third-order valence-corrected chi connectivity index (χ3v) is 1.98. The van der Waals surface area contributed by atoms with E-state index in [1.54, 1.807) is 11.8 Å². The minimum absolute atomic E-state index is 0.144. The molecule has 1 N–H and O–H groups in total. The molecule has 1 atom stereocenters.